The molecule has 0 aromatic carbocycles. The second-order valence-electron chi connectivity index (χ2n) is 13.8. The van der Waals surface area contributed by atoms with Gasteiger partial charge in [0.2, 0.25) is 5.69 Å². The van der Waals surface area contributed by atoms with Gasteiger partial charge in [-0.2, -0.15) is 0 Å². The van der Waals surface area contributed by atoms with E-state index in [2.05, 4.69) is 12.2 Å². The molecule has 1 aromatic heterocycles. The van der Waals surface area contributed by atoms with E-state index in [0.29, 0.717) is 25.1 Å². The summed E-state index contributed by atoms with van der Waals surface area (Å²) in [5.41, 5.74) is 4.43. The van der Waals surface area contributed by atoms with E-state index in [1.165, 1.54) is 89.9 Å². The largest absolute Gasteiger partial charge is 1.00 e. The predicted octanol–water partition coefficient (Wildman–Crippen LogP) is 4.55. The van der Waals surface area contributed by atoms with E-state index < -0.39 is 28.8 Å². The smallest absolute Gasteiger partial charge is 0.407 e. The Bertz CT molecular complexity index is 978. The number of halogens is 1. The lowest BCUT2D eigenvalue weighted by Gasteiger charge is -2.30. The highest BCUT2D eigenvalue weighted by molar-refractivity contribution is 5.80. The number of nitrogens with one attached hydrogen (secondary N) is 1. The lowest BCUT2D eigenvalue weighted by Crippen LogP contribution is -3.00. The summed E-state index contributed by atoms with van der Waals surface area (Å²) in [5.74, 6) is -0.512. The van der Waals surface area contributed by atoms with Gasteiger partial charge in [-0.3, -0.25) is 0 Å². The molecule has 0 bridgehead atoms. The third-order valence-electron chi connectivity index (χ3n) is 9.00. The highest BCUT2D eigenvalue weighted by atomic mass is 35.5. The fraction of sp³-hybridized carbons (Fsp3) is 0.806. The van der Waals surface area contributed by atoms with Crippen molar-refractivity contribution >= 4 is 12.1 Å². The number of nitrogens with zero attached hydrogens (tertiary/aromatic N) is 1. The van der Waals surface area contributed by atoms with Gasteiger partial charge in [0.1, 0.15) is 31.5 Å². The van der Waals surface area contributed by atoms with Gasteiger partial charge in [0.25, 0.3) is 0 Å². The lowest BCUT2D eigenvalue weighted by molar-refractivity contribution is -0.682. The summed E-state index contributed by atoms with van der Waals surface area (Å²) in [7, 11) is 1.84. The van der Waals surface area contributed by atoms with E-state index >= 15 is 0 Å². The fourth-order valence-corrected chi connectivity index (χ4v) is 6.10. The van der Waals surface area contributed by atoms with Crippen molar-refractivity contribution in [3.8, 4) is 0 Å². The summed E-state index contributed by atoms with van der Waals surface area (Å²) in [5, 5.41) is 2.87. The molecule has 1 aliphatic rings. The number of unbranched alkanes of at least 4 members (excludes halogenated alkanes) is 15. The molecule has 3 unspecified atom stereocenters. The van der Waals surface area contributed by atoms with Crippen molar-refractivity contribution in [1.29, 1.82) is 0 Å². The van der Waals surface area contributed by atoms with Crippen LogP contribution < -0.4 is 28.0 Å². The number of alkyl carbamates (subject to hydrolysis) is 1. The zero-order valence-electron chi connectivity index (χ0n) is 29.1. The van der Waals surface area contributed by atoms with Gasteiger partial charge >= 0.3 is 12.1 Å². The average molecular weight is 654 g/mol. The van der Waals surface area contributed by atoms with Crippen LogP contribution in [-0.2, 0) is 31.6 Å². The number of carbonyl (C=O) groups excluding carboxylic acids is 2. The number of nitrogens with two attached hydrogens (primary N) is 1. The number of aromatic nitrogens is 1. The Labute approximate surface area is 280 Å². The molecule has 1 aromatic rings. The maximum atomic E-state index is 12.9. The van der Waals surface area contributed by atoms with Crippen molar-refractivity contribution in [3.63, 3.8) is 0 Å². The number of pyridine rings is 1. The average Bonchev–Trinajstić information content (AvgIpc) is 3.31. The normalized spacial score (nSPS) is 20.7. The van der Waals surface area contributed by atoms with Crippen LogP contribution in [0.2, 0.25) is 0 Å². The Kier molecular flexibility index (Phi) is 19.9. The Morgan fingerprint density at radius 3 is 1.80 bits per heavy atom. The van der Waals surface area contributed by atoms with E-state index in [9.17, 15) is 9.59 Å². The molecule has 1 aliphatic heterocycles. The highest BCUT2D eigenvalue weighted by Crippen LogP contribution is 2.38. The monoisotopic (exact) mass is 653 g/mol. The van der Waals surface area contributed by atoms with E-state index in [0.717, 1.165) is 12.8 Å². The summed E-state index contributed by atoms with van der Waals surface area (Å²) in [4.78, 5) is 25.2. The Balaban J connectivity index is 0.0000101. The van der Waals surface area contributed by atoms with Gasteiger partial charge in [-0.05, 0) is 40.0 Å². The first kappa shape index (κ1) is 41.1. The second-order valence-corrected chi connectivity index (χ2v) is 13.8. The van der Waals surface area contributed by atoms with E-state index in [1.54, 1.807) is 6.92 Å². The maximum absolute atomic E-state index is 12.9. The molecule has 0 saturated carbocycles. The Morgan fingerprint density at radius 2 is 1.31 bits per heavy atom. The van der Waals surface area contributed by atoms with Gasteiger partial charge in [-0.25, -0.2) is 14.2 Å². The topological polar surface area (TPSA) is 104 Å². The summed E-state index contributed by atoms with van der Waals surface area (Å²) in [6.07, 6.45) is 24.0. The SMILES string of the molecule is CCCCCCCCCCCCCCCCCCNC(=O)OCC1(C)CCC(C)(COC(=O)C(C)(N)c2cccc[n+]2C)O1.[Cl-]. The predicted molar refractivity (Wildman–Crippen MR) is 176 cm³/mol. The quantitative estimate of drug-likeness (QED) is 0.102. The Morgan fingerprint density at radius 1 is 0.844 bits per heavy atom. The van der Waals surface area contributed by atoms with Gasteiger partial charge in [0.15, 0.2) is 11.7 Å². The minimum absolute atomic E-state index is 0. The zero-order valence-corrected chi connectivity index (χ0v) is 29.9. The second kappa shape index (κ2) is 21.8. The molecule has 0 spiro atoms. The van der Waals surface area contributed by atoms with E-state index in [1.807, 2.05) is 49.9 Å². The van der Waals surface area contributed by atoms with E-state index in [4.69, 9.17) is 19.9 Å². The molecule has 0 aliphatic carbocycles. The minimum atomic E-state index is -1.29. The number of aryl methyl sites for hydroxylation is 1. The summed E-state index contributed by atoms with van der Waals surface area (Å²) < 4.78 is 19.2. The standard InChI is InChI=1S/C36H63N3O5.ClH/c1-6-7-8-9-10-11-12-13-14-15-16-17-18-19-20-22-27-38-33(41)43-30-35(3)26-25-34(2,44-35)29-42-32(40)36(4,37)31-24-21-23-28-39(31)5;/h21,23-24,28H,6-20,22,25-27,29-30,37H2,1-5H3;1H. The molecule has 2 rings (SSSR count). The molecule has 9 heteroatoms. The first-order chi connectivity index (χ1) is 21.0. The van der Waals surface area contributed by atoms with Crippen LogP contribution in [0.15, 0.2) is 24.4 Å². The van der Waals surface area contributed by atoms with Gasteiger partial charge < -0.3 is 37.7 Å². The maximum Gasteiger partial charge on any atom is 0.407 e. The third kappa shape index (κ3) is 16.0. The number of rotatable bonds is 23. The molecule has 45 heavy (non-hydrogen) atoms. The van der Waals surface area contributed by atoms with E-state index in [-0.39, 0.29) is 25.6 Å². The number of hydrogen-bond acceptors (Lipinski definition) is 6. The third-order valence-corrected chi connectivity index (χ3v) is 9.00. The minimum Gasteiger partial charge on any atom is -1.00 e. The van der Waals surface area contributed by atoms with Crippen molar-refractivity contribution in [2.45, 2.75) is 160 Å². The van der Waals surface area contributed by atoms with Crippen molar-refractivity contribution in [2.75, 3.05) is 19.8 Å². The van der Waals surface area contributed by atoms with Gasteiger partial charge in [0.05, 0.1) is 0 Å². The van der Waals surface area contributed by atoms with Crippen LogP contribution in [0.3, 0.4) is 0 Å². The van der Waals surface area contributed by atoms with Crippen molar-refractivity contribution < 1.29 is 40.8 Å². The van der Waals surface area contributed by atoms with Crippen LogP contribution in [-0.4, -0.2) is 43.0 Å². The van der Waals surface area contributed by atoms with Crippen LogP contribution in [0.25, 0.3) is 0 Å². The summed E-state index contributed by atoms with van der Waals surface area (Å²) >= 11 is 0. The molecule has 1 amide bonds. The van der Waals surface area contributed by atoms with Crippen molar-refractivity contribution in [3.05, 3.63) is 30.1 Å². The van der Waals surface area contributed by atoms with Crippen LogP contribution in [0.5, 0.6) is 0 Å². The molecule has 8 nitrogen and oxygen atoms in total. The van der Waals surface area contributed by atoms with Crippen LogP contribution in [0.4, 0.5) is 4.79 Å². The summed E-state index contributed by atoms with van der Waals surface area (Å²) in [6, 6.07) is 5.54. The van der Waals surface area contributed by atoms with Crippen molar-refractivity contribution in [1.82, 2.24) is 5.32 Å². The molecule has 0 radical (unpaired) electrons. The van der Waals surface area contributed by atoms with Gasteiger partial charge in [-0.15, -0.1) is 0 Å². The lowest BCUT2D eigenvalue weighted by atomic mass is 9.97. The number of esters is 1. The number of amides is 1. The number of carbonyl (C=O) groups is 2. The Hall–Kier alpha value is -1.90. The molecule has 1 fully saturated rings. The molecule has 3 atom stereocenters. The van der Waals surface area contributed by atoms with Gasteiger partial charge in [-0.1, -0.05) is 109 Å². The molecular weight excluding hydrogens is 590 g/mol. The molecule has 2 heterocycles. The molecule has 3 N–H and O–H groups in total. The molecular formula is C36H64ClN3O5. The van der Waals surface area contributed by atoms with Crippen molar-refractivity contribution in [2.24, 2.45) is 12.8 Å². The van der Waals surface area contributed by atoms with Crippen LogP contribution in [0.1, 0.15) is 149 Å². The highest BCUT2D eigenvalue weighted by Gasteiger charge is 2.47. The first-order valence-electron chi connectivity index (χ1n) is 17.5. The molecule has 260 valence electrons. The fourth-order valence-electron chi connectivity index (χ4n) is 6.10. The zero-order chi connectivity index (χ0) is 32.3. The molecule has 1 saturated heterocycles. The first-order valence-corrected chi connectivity index (χ1v) is 17.5. The van der Waals surface area contributed by atoms with Crippen LogP contribution >= 0.6 is 0 Å². The summed E-state index contributed by atoms with van der Waals surface area (Å²) in [6.45, 7) is 8.63. The number of ether oxygens (including phenoxy) is 3. The van der Waals surface area contributed by atoms with Crippen LogP contribution in [0, 0.1) is 0 Å². The number of hydrogen-bond donors (Lipinski definition) is 2. The van der Waals surface area contributed by atoms with Gasteiger partial charge in [0, 0.05) is 18.7 Å².